The summed E-state index contributed by atoms with van der Waals surface area (Å²) in [5.74, 6) is 0.0342. The van der Waals surface area contributed by atoms with Crippen molar-refractivity contribution in [2.75, 3.05) is 19.1 Å². The second kappa shape index (κ2) is 8.55. The fourth-order valence-corrected chi connectivity index (χ4v) is 2.27. The van der Waals surface area contributed by atoms with Crippen molar-refractivity contribution in [3.8, 4) is 11.5 Å². The third-order valence-electron chi connectivity index (χ3n) is 3.07. The number of benzene rings is 1. The molecule has 2 N–H and O–H groups in total. The molecular formula is C16H15Cl2N3O4. The number of carboxylic acids is 1. The summed E-state index contributed by atoms with van der Waals surface area (Å²) in [6.45, 7) is 1.33. The number of methoxy groups -OCH3 is 1. The predicted molar refractivity (Wildman–Crippen MR) is 96.2 cm³/mol. The van der Waals surface area contributed by atoms with E-state index in [1.54, 1.807) is 31.2 Å². The molecule has 1 aromatic heterocycles. The highest BCUT2D eigenvalue weighted by Gasteiger charge is 2.10. The van der Waals surface area contributed by atoms with Crippen LogP contribution in [0.1, 0.15) is 12.5 Å². The fourth-order valence-electron chi connectivity index (χ4n) is 1.85. The standard InChI is InChI=1S/C16H15Cl2N3O4/c1-9(20-21-16-12(18)6-11(17)7-19-16)10-3-4-13(14(5-10)24-2)25-8-15(22)23/h3-7H,8H2,1-2H3,(H,19,21)(H,22,23)/b20-9-. The normalized spacial score (nSPS) is 11.1. The van der Waals surface area contributed by atoms with E-state index in [1.165, 1.54) is 13.3 Å². The molecule has 9 heteroatoms. The van der Waals surface area contributed by atoms with Crippen molar-refractivity contribution in [2.24, 2.45) is 5.10 Å². The molecule has 7 nitrogen and oxygen atoms in total. The Morgan fingerprint density at radius 1 is 1.32 bits per heavy atom. The number of hydrogen-bond acceptors (Lipinski definition) is 6. The molecule has 0 aliphatic heterocycles. The molecule has 0 atom stereocenters. The van der Waals surface area contributed by atoms with Crippen LogP contribution in [0.15, 0.2) is 35.6 Å². The van der Waals surface area contributed by atoms with Gasteiger partial charge in [-0.1, -0.05) is 23.2 Å². The quantitative estimate of drug-likeness (QED) is 0.559. The van der Waals surface area contributed by atoms with Crippen LogP contribution in [0.2, 0.25) is 10.0 Å². The Labute approximate surface area is 154 Å². The summed E-state index contributed by atoms with van der Waals surface area (Å²) in [7, 11) is 1.47. The molecule has 2 aromatic rings. The lowest BCUT2D eigenvalue weighted by Crippen LogP contribution is -2.10. The van der Waals surface area contributed by atoms with Gasteiger partial charge in [0.05, 0.1) is 22.9 Å². The summed E-state index contributed by atoms with van der Waals surface area (Å²) in [6.07, 6.45) is 1.46. The first-order valence-corrected chi connectivity index (χ1v) is 7.80. The number of aliphatic carboxylic acids is 1. The molecule has 1 aromatic carbocycles. The molecule has 0 saturated heterocycles. The van der Waals surface area contributed by atoms with Gasteiger partial charge in [-0.05, 0) is 31.2 Å². The summed E-state index contributed by atoms with van der Waals surface area (Å²) >= 11 is 11.8. The van der Waals surface area contributed by atoms with Crippen LogP contribution in [0.5, 0.6) is 11.5 Å². The zero-order chi connectivity index (χ0) is 18.4. The van der Waals surface area contributed by atoms with Crippen LogP contribution in [-0.4, -0.2) is 35.5 Å². The molecule has 0 unspecified atom stereocenters. The number of nitrogens with zero attached hydrogens (tertiary/aromatic N) is 2. The fraction of sp³-hybridized carbons (Fsp3) is 0.188. The Morgan fingerprint density at radius 3 is 2.72 bits per heavy atom. The van der Waals surface area contributed by atoms with Gasteiger partial charge in [-0.15, -0.1) is 0 Å². The first kappa shape index (κ1) is 18.8. The summed E-state index contributed by atoms with van der Waals surface area (Å²) in [5, 5.41) is 13.7. The summed E-state index contributed by atoms with van der Waals surface area (Å²) in [4.78, 5) is 14.6. The Bertz CT molecular complexity index is 812. The van der Waals surface area contributed by atoms with Gasteiger partial charge in [-0.25, -0.2) is 9.78 Å². The van der Waals surface area contributed by atoms with Gasteiger partial charge >= 0.3 is 5.97 Å². The Balaban J connectivity index is 2.17. The molecule has 0 aliphatic carbocycles. The molecule has 0 radical (unpaired) electrons. The SMILES string of the molecule is COc1cc(/C(C)=N\Nc2ncc(Cl)cc2Cl)ccc1OCC(=O)O. The summed E-state index contributed by atoms with van der Waals surface area (Å²) in [5.41, 5.74) is 4.15. The van der Waals surface area contributed by atoms with Crippen molar-refractivity contribution in [1.82, 2.24) is 4.98 Å². The average molecular weight is 384 g/mol. The van der Waals surface area contributed by atoms with Gasteiger partial charge in [-0.2, -0.15) is 5.10 Å². The third kappa shape index (κ3) is 5.23. The van der Waals surface area contributed by atoms with Crippen LogP contribution in [-0.2, 0) is 4.79 Å². The number of hydrogen-bond donors (Lipinski definition) is 2. The molecule has 0 spiro atoms. The molecule has 0 amide bonds. The Morgan fingerprint density at radius 2 is 2.08 bits per heavy atom. The van der Waals surface area contributed by atoms with Crippen molar-refractivity contribution in [3.05, 3.63) is 46.1 Å². The lowest BCUT2D eigenvalue weighted by Gasteiger charge is -2.11. The van der Waals surface area contributed by atoms with Gasteiger partial charge in [0, 0.05) is 11.8 Å². The largest absolute Gasteiger partial charge is 0.493 e. The van der Waals surface area contributed by atoms with Gasteiger partial charge in [-0.3, -0.25) is 5.43 Å². The first-order valence-electron chi connectivity index (χ1n) is 7.05. The molecule has 0 saturated carbocycles. The van der Waals surface area contributed by atoms with Crippen molar-refractivity contribution >= 4 is 40.7 Å². The molecule has 1 heterocycles. The van der Waals surface area contributed by atoms with Crippen LogP contribution in [0.3, 0.4) is 0 Å². The summed E-state index contributed by atoms with van der Waals surface area (Å²) < 4.78 is 10.4. The third-order valence-corrected chi connectivity index (χ3v) is 3.56. The van der Waals surface area contributed by atoms with E-state index < -0.39 is 12.6 Å². The maximum Gasteiger partial charge on any atom is 0.341 e. The lowest BCUT2D eigenvalue weighted by molar-refractivity contribution is -0.139. The van der Waals surface area contributed by atoms with Crippen molar-refractivity contribution < 1.29 is 19.4 Å². The van der Waals surface area contributed by atoms with E-state index in [0.29, 0.717) is 33.1 Å². The van der Waals surface area contributed by atoms with Crippen LogP contribution < -0.4 is 14.9 Å². The van der Waals surface area contributed by atoms with Gasteiger partial charge < -0.3 is 14.6 Å². The predicted octanol–water partition coefficient (Wildman–Crippen LogP) is 3.70. The molecule has 132 valence electrons. The molecular weight excluding hydrogens is 369 g/mol. The highest BCUT2D eigenvalue weighted by atomic mass is 35.5. The number of anilines is 1. The zero-order valence-corrected chi connectivity index (χ0v) is 14.9. The van der Waals surface area contributed by atoms with E-state index in [9.17, 15) is 4.79 Å². The maximum atomic E-state index is 10.6. The molecule has 25 heavy (non-hydrogen) atoms. The van der Waals surface area contributed by atoms with E-state index in [2.05, 4.69) is 15.5 Å². The smallest absolute Gasteiger partial charge is 0.341 e. The molecule has 0 bridgehead atoms. The maximum absolute atomic E-state index is 10.6. The Hall–Kier alpha value is -2.51. The number of pyridine rings is 1. The number of hydrazone groups is 1. The highest BCUT2D eigenvalue weighted by molar-refractivity contribution is 6.35. The lowest BCUT2D eigenvalue weighted by atomic mass is 10.1. The monoisotopic (exact) mass is 383 g/mol. The molecule has 2 rings (SSSR count). The second-order valence-electron chi connectivity index (χ2n) is 4.84. The minimum atomic E-state index is -1.07. The van der Waals surface area contributed by atoms with Crippen molar-refractivity contribution in [3.63, 3.8) is 0 Å². The van der Waals surface area contributed by atoms with Crippen molar-refractivity contribution in [1.29, 1.82) is 0 Å². The molecule has 0 fully saturated rings. The van der Waals surface area contributed by atoms with Crippen LogP contribution >= 0.6 is 23.2 Å². The van der Waals surface area contributed by atoms with E-state index in [-0.39, 0.29) is 0 Å². The number of carbonyl (C=O) groups is 1. The zero-order valence-electron chi connectivity index (χ0n) is 13.4. The minimum absolute atomic E-state index is 0.330. The minimum Gasteiger partial charge on any atom is -0.493 e. The molecule has 0 aliphatic rings. The van der Waals surface area contributed by atoms with E-state index in [0.717, 1.165) is 5.56 Å². The highest BCUT2D eigenvalue weighted by Crippen LogP contribution is 2.28. The average Bonchev–Trinajstić information content (AvgIpc) is 2.58. The van der Waals surface area contributed by atoms with Gasteiger partial charge in [0.25, 0.3) is 0 Å². The summed E-state index contributed by atoms with van der Waals surface area (Å²) in [6, 6.07) is 6.59. The van der Waals surface area contributed by atoms with Crippen LogP contribution in [0, 0.1) is 0 Å². The van der Waals surface area contributed by atoms with Gasteiger partial charge in [0.1, 0.15) is 0 Å². The number of aromatic nitrogens is 1. The second-order valence-corrected chi connectivity index (χ2v) is 5.68. The van der Waals surface area contributed by atoms with Gasteiger partial charge in [0.2, 0.25) is 0 Å². The van der Waals surface area contributed by atoms with Crippen molar-refractivity contribution in [2.45, 2.75) is 6.92 Å². The van der Waals surface area contributed by atoms with Gasteiger partial charge in [0.15, 0.2) is 23.9 Å². The number of ether oxygens (including phenoxy) is 2. The Kier molecular flexibility index (Phi) is 6.44. The number of nitrogens with one attached hydrogen (secondary N) is 1. The van der Waals surface area contributed by atoms with E-state index >= 15 is 0 Å². The number of rotatable bonds is 7. The van der Waals surface area contributed by atoms with Crippen LogP contribution in [0.4, 0.5) is 5.82 Å². The van der Waals surface area contributed by atoms with E-state index in [1.807, 2.05) is 0 Å². The number of carboxylic acid groups (broad SMARTS) is 1. The number of halogens is 2. The first-order chi connectivity index (χ1) is 11.9. The van der Waals surface area contributed by atoms with Crippen LogP contribution in [0.25, 0.3) is 0 Å². The van der Waals surface area contributed by atoms with E-state index in [4.69, 9.17) is 37.8 Å². The topological polar surface area (TPSA) is 93.0 Å².